The fourth-order valence-corrected chi connectivity index (χ4v) is 2.67. The molecule has 0 fully saturated rings. The van der Waals surface area contributed by atoms with Crippen molar-refractivity contribution in [3.05, 3.63) is 52.8 Å². The van der Waals surface area contributed by atoms with Crippen molar-refractivity contribution in [3.63, 3.8) is 0 Å². The van der Waals surface area contributed by atoms with Crippen molar-refractivity contribution in [1.82, 2.24) is 14.8 Å². The first-order chi connectivity index (χ1) is 10.5. The van der Waals surface area contributed by atoms with Crippen LogP contribution in [0.15, 0.2) is 30.3 Å². The number of hydrogen-bond acceptors (Lipinski definition) is 3. The predicted molar refractivity (Wildman–Crippen MR) is 87.1 cm³/mol. The summed E-state index contributed by atoms with van der Waals surface area (Å²) in [6.45, 7) is 5.77. The van der Waals surface area contributed by atoms with Crippen LogP contribution in [0.1, 0.15) is 27.3 Å². The SMILES string of the molecule is Cc1cccc(NC(=O)c2cc(C)nc3c2c(C)nn3C)c1. The number of carbonyl (C=O) groups excluding carboxylic acids is 1. The number of aromatic nitrogens is 3. The first-order valence-electron chi connectivity index (χ1n) is 7.14. The highest BCUT2D eigenvalue weighted by Gasteiger charge is 2.17. The van der Waals surface area contributed by atoms with E-state index in [4.69, 9.17) is 0 Å². The van der Waals surface area contributed by atoms with E-state index in [0.29, 0.717) is 5.56 Å². The highest BCUT2D eigenvalue weighted by atomic mass is 16.1. The van der Waals surface area contributed by atoms with E-state index in [1.54, 1.807) is 4.68 Å². The van der Waals surface area contributed by atoms with Gasteiger partial charge in [0.2, 0.25) is 0 Å². The zero-order chi connectivity index (χ0) is 15.9. The number of anilines is 1. The van der Waals surface area contributed by atoms with Gasteiger partial charge in [0, 0.05) is 18.4 Å². The van der Waals surface area contributed by atoms with Gasteiger partial charge in [-0.2, -0.15) is 5.10 Å². The Morgan fingerprint density at radius 3 is 2.68 bits per heavy atom. The van der Waals surface area contributed by atoms with E-state index in [1.807, 2.05) is 58.2 Å². The number of nitrogens with zero attached hydrogens (tertiary/aromatic N) is 3. The molecule has 0 atom stereocenters. The van der Waals surface area contributed by atoms with E-state index in [-0.39, 0.29) is 5.91 Å². The molecular formula is C17H18N4O. The number of benzene rings is 1. The zero-order valence-corrected chi connectivity index (χ0v) is 13.1. The molecule has 5 nitrogen and oxygen atoms in total. The van der Waals surface area contributed by atoms with Crippen molar-refractivity contribution >= 4 is 22.6 Å². The van der Waals surface area contributed by atoms with Gasteiger partial charge in [0.05, 0.1) is 16.6 Å². The third-order valence-electron chi connectivity index (χ3n) is 3.62. The summed E-state index contributed by atoms with van der Waals surface area (Å²) in [5.74, 6) is -0.141. The van der Waals surface area contributed by atoms with Crippen LogP contribution < -0.4 is 5.32 Å². The van der Waals surface area contributed by atoms with Gasteiger partial charge >= 0.3 is 0 Å². The maximum absolute atomic E-state index is 12.7. The molecule has 5 heteroatoms. The van der Waals surface area contributed by atoms with Gasteiger partial charge in [0.25, 0.3) is 5.91 Å². The molecule has 0 saturated carbocycles. The summed E-state index contributed by atoms with van der Waals surface area (Å²) in [5.41, 5.74) is 4.83. The van der Waals surface area contributed by atoms with E-state index in [0.717, 1.165) is 33.7 Å². The van der Waals surface area contributed by atoms with E-state index in [9.17, 15) is 4.79 Å². The molecular weight excluding hydrogens is 276 g/mol. The lowest BCUT2D eigenvalue weighted by molar-refractivity contribution is 0.102. The molecule has 0 saturated heterocycles. The van der Waals surface area contributed by atoms with Gasteiger partial charge in [-0.1, -0.05) is 12.1 Å². The van der Waals surface area contributed by atoms with Crippen LogP contribution in [0.4, 0.5) is 5.69 Å². The van der Waals surface area contributed by atoms with Crippen LogP contribution in [0.25, 0.3) is 11.0 Å². The first kappa shape index (κ1) is 14.3. The third kappa shape index (κ3) is 2.45. The fraction of sp³-hybridized carbons (Fsp3) is 0.235. The Morgan fingerprint density at radius 1 is 1.18 bits per heavy atom. The van der Waals surface area contributed by atoms with Gasteiger partial charge in [-0.3, -0.25) is 9.48 Å². The highest BCUT2D eigenvalue weighted by Crippen LogP contribution is 2.22. The lowest BCUT2D eigenvalue weighted by atomic mass is 10.1. The van der Waals surface area contributed by atoms with E-state index >= 15 is 0 Å². The molecule has 0 aliphatic carbocycles. The summed E-state index contributed by atoms with van der Waals surface area (Å²) >= 11 is 0. The quantitative estimate of drug-likeness (QED) is 0.790. The molecule has 1 amide bonds. The van der Waals surface area contributed by atoms with Gasteiger partial charge in [-0.15, -0.1) is 0 Å². The Balaban J connectivity index is 2.07. The maximum atomic E-state index is 12.7. The molecule has 1 aromatic carbocycles. The molecule has 3 aromatic rings. The molecule has 0 radical (unpaired) electrons. The van der Waals surface area contributed by atoms with Gasteiger partial charge in [0.15, 0.2) is 5.65 Å². The second-order valence-electron chi connectivity index (χ2n) is 5.54. The number of pyridine rings is 1. The lowest BCUT2D eigenvalue weighted by Gasteiger charge is -2.08. The monoisotopic (exact) mass is 294 g/mol. The summed E-state index contributed by atoms with van der Waals surface area (Å²) in [4.78, 5) is 17.2. The minimum absolute atomic E-state index is 0.141. The smallest absolute Gasteiger partial charge is 0.256 e. The molecule has 112 valence electrons. The second-order valence-corrected chi connectivity index (χ2v) is 5.54. The number of fused-ring (bicyclic) bond motifs is 1. The number of rotatable bonds is 2. The van der Waals surface area contributed by atoms with Gasteiger partial charge in [-0.05, 0) is 44.5 Å². The minimum Gasteiger partial charge on any atom is -0.322 e. The van der Waals surface area contributed by atoms with Gasteiger partial charge in [-0.25, -0.2) is 4.98 Å². The molecule has 0 bridgehead atoms. The van der Waals surface area contributed by atoms with Crippen molar-refractivity contribution in [3.8, 4) is 0 Å². The van der Waals surface area contributed by atoms with Crippen LogP contribution in [0.3, 0.4) is 0 Å². The van der Waals surface area contributed by atoms with Gasteiger partial charge < -0.3 is 5.32 Å². The van der Waals surface area contributed by atoms with Gasteiger partial charge in [0.1, 0.15) is 0 Å². The zero-order valence-electron chi connectivity index (χ0n) is 13.1. The summed E-state index contributed by atoms with van der Waals surface area (Å²) in [6.07, 6.45) is 0. The summed E-state index contributed by atoms with van der Waals surface area (Å²) in [6, 6.07) is 9.55. The number of amides is 1. The number of nitrogens with one attached hydrogen (secondary N) is 1. The number of aryl methyl sites for hydroxylation is 4. The summed E-state index contributed by atoms with van der Waals surface area (Å²) in [5, 5.41) is 8.12. The molecule has 1 N–H and O–H groups in total. The molecule has 0 aliphatic heterocycles. The Bertz CT molecular complexity index is 880. The van der Waals surface area contributed by atoms with E-state index in [2.05, 4.69) is 15.4 Å². The lowest BCUT2D eigenvalue weighted by Crippen LogP contribution is -2.13. The van der Waals surface area contributed by atoms with Crippen LogP contribution in [0.5, 0.6) is 0 Å². The Hall–Kier alpha value is -2.69. The Morgan fingerprint density at radius 2 is 1.95 bits per heavy atom. The average molecular weight is 294 g/mol. The van der Waals surface area contributed by atoms with Crippen molar-refractivity contribution in [2.24, 2.45) is 7.05 Å². The normalized spacial score (nSPS) is 10.9. The van der Waals surface area contributed by atoms with Crippen LogP contribution >= 0.6 is 0 Å². The minimum atomic E-state index is -0.141. The molecule has 2 heterocycles. The largest absolute Gasteiger partial charge is 0.322 e. The first-order valence-corrected chi connectivity index (χ1v) is 7.14. The van der Waals surface area contributed by atoms with Crippen molar-refractivity contribution < 1.29 is 4.79 Å². The third-order valence-corrected chi connectivity index (χ3v) is 3.62. The fourth-order valence-electron chi connectivity index (χ4n) is 2.67. The standard InChI is InChI=1S/C17H18N4O/c1-10-6-5-7-13(8-10)19-17(22)14-9-11(2)18-16-15(14)12(3)20-21(16)4/h5-9H,1-4H3,(H,19,22). The molecule has 0 spiro atoms. The van der Waals surface area contributed by atoms with E-state index in [1.165, 1.54) is 0 Å². The Kier molecular flexibility index (Phi) is 3.41. The molecule has 22 heavy (non-hydrogen) atoms. The van der Waals surface area contributed by atoms with Crippen LogP contribution in [0, 0.1) is 20.8 Å². The van der Waals surface area contributed by atoms with Crippen molar-refractivity contribution in [2.75, 3.05) is 5.32 Å². The molecule has 3 rings (SSSR count). The number of carbonyl (C=O) groups is 1. The predicted octanol–water partition coefficient (Wildman–Crippen LogP) is 3.15. The molecule has 2 aromatic heterocycles. The van der Waals surface area contributed by atoms with Crippen molar-refractivity contribution in [1.29, 1.82) is 0 Å². The van der Waals surface area contributed by atoms with E-state index < -0.39 is 0 Å². The Labute approximate surface area is 129 Å². The number of hydrogen-bond donors (Lipinski definition) is 1. The highest BCUT2D eigenvalue weighted by molar-refractivity contribution is 6.12. The summed E-state index contributed by atoms with van der Waals surface area (Å²) < 4.78 is 1.71. The summed E-state index contributed by atoms with van der Waals surface area (Å²) in [7, 11) is 1.84. The maximum Gasteiger partial charge on any atom is 0.256 e. The molecule has 0 aliphatic rings. The van der Waals surface area contributed by atoms with Crippen LogP contribution in [-0.2, 0) is 7.05 Å². The van der Waals surface area contributed by atoms with Crippen LogP contribution in [0.2, 0.25) is 0 Å². The topological polar surface area (TPSA) is 59.8 Å². The molecule has 0 unspecified atom stereocenters. The van der Waals surface area contributed by atoms with Crippen LogP contribution in [-0.4, -0.2) is 20.7 Å². The second kappa shape index (κ2) is 5.26. The van der Waals surface area contributed by atoms with Crippen molar-refractivity contribution in [2.45, 2.75) is 20.8 Å². The average Bonchev–Trinajstić information content (AvgIpc) is 2.73.